The maximum absolute atomic E-state index is 12.6. The van der Waals surface area contributed by atoms with Gasteiger partial charge >= 0.3 is 12.6 Å². The van der Waals surface area contributed by atoms with Crippen molar-refractivity contribution in [3.05, 3.63) is 69.8 Å². The van der Waals surface area contributed by atoms with E-state index in [1.165, 1.54) is 49.6 Å². The van der Waals surface area contributed by atoms with Gasteiger partial charge in [0.05, 0.1) is 12.0 Å². The molecule has 27 heavy (non-hydrogen) atoms. The highest BCUT2D eigenvalue weighted by Crippen LogP contribution is 2.33. The minimum atomic E-state index is -3.05. The molecule has 0 spiro atoms. The lowest BCUT2D eigenvalue weighted by atomic mass is 10.1. The topological polar surface area (TPSA) is 87.9 Å². The molecule has 0 aliphatic heterocycles. The van der Waals surface area contributed by atoms with Crippen molar-refractivity contribution in [2.75, 3.05) is 7.11 Å². The van der Waals surface area contributed by atoms with Crippen LogP contribution in [0.4, 0.5) is 14.5 Å². The molecule has 0 aliphatic rings. The Kier molecular flexibility index (Phi) is 6.81. The van der Waals surface area contributed by atoms with Gasteiger partial charge in [-0.3, -0.25) is 10.1 Å². The van der Waals surface area contributed by atoms with Gasteiger partial charge in [0.1, 0.15) is 6.61 Å². The molecule has 0 aliphatic carbocycles. The summed E-state index contributed by atoms with van der Waals surface area (Å²) >= 11 is 0. The first kappa shape index (κ1) is 19.8. The molecule has 9 heteroatoms. The number of non-ortho nitro benzene ring substituents is 1. The molecule has 7 nitrogen and oxygen atoms in total. The third-order valence-electron chi connectivity index (χ3n) is 3.36. The maximum Gasteiger partial charge on any atom is 0.387 e. The monoisotopic (exact) mass is 379 g/mol. The third kappa shape index (κ3) is 5.77. The van der Waals surface area contributed by atoms with Gasteiger partial charge < -0.3 is 14.2 Å². The first-order chi connectivity index (χ1) is 12.9. The molecule has 0 N–H and O–H groups in total. The molecule has 0 bridgehead atoms. The summed E-state index contributed by atoms with van der Waals surface area (Å²) in [5.41, 5.74) is 0.696. The number of carbonyl (C=O) groups is 1. The summed E-state index contributed by atoms with van der Waals surface area (Å²) in [7, 11) is 1.31. The van der Waals surface area contributed by atoms with E-state index < -0.39 is 17.5 Å². The van der Waals surface area contributed by atoms with Gasteiger partial charge in [-0.05, 0) is 29.8 Å². The van der Waals surface area contributed by atoms with Crippen molar-refractivity contribution in [1.82, 2.24) is 0 Å². The summed E-state index contributed by atoms with van der Waals surface area (Å²) in [6, 6.07) is 9.99. The van der Waals surface area contributed by atoms with Gasteiger partial charge in [0, 0.05) is 23.8 Å². The summed E-state index contributed by atoms with van der Waals surface area (Å²) in [6.07, 6.45) is 2.32. The largest absolute Gasteiger partial charge is 0.493 e. The Morgan fingerprint density at radius 3 is 2.52 bits per heavy atom. The van der Waals surface area contributed by atoms with Crippen molar-refractivity contribution in [3.63, 3.8) is 0 Å². The number of methoxy groups -OCH3 is 1. The van der Waals surface area contributed by atoms with Gasteiger partial charge in [-0.2, -0.15) is 8.78 Å². The van der Waals surface area contributed by atoms with E-state index in [1.54, 1.807) is 6.07 Å². The molecule has 0 fully saturated rings. The number of benzene rings is 2. The molecule has 142 valence electrons. The SMILES string of the molecule is COc1cccc(/C=C/C(=O)OCc2ccc([N+](=O)[O-])cc2)c1OC(F)F. The summed E-state index contributed by atoms with van der Waals surface area (Å²) < 4.78 is 39.6. The van der Waals surface area contributed by atoms with Crippen molar-refractivity contribution >= 4 is 17.7 Å². The molecular weight excluding hydrogens is 364 g/mol. The molecule has 0 aromatic heterocycles. The maximum atomic E-state index is 12.6. The van der Waals surface area contributed by atoms with Gasteiger partial charge in [0.15, 0.2) is 11.5 Å². The lowest BCUT2D eigenvalue weighted by Gasteiger charge is -2.12. The lowest BCUT2D eigenvalue weighted by molar-refractivity contribution is -0.384. The highest BCUT2D eigenvalue weighted by molar-refractivity contribution is 5.87. The fourth-order valence-electron chi connectivity index (χ4n) is 2.11. The van der Waals surface area contributed by atoms with E-state index >= 15 is 0 Å². The second-order valence-electron chi connectivity index (χ2n) is 5.12. The van der Waals surface area contributed by atoms with E-state index in [0.29, 0.717) is 5.56 Å². The fourth-order valence-corrected chi connectivity index (χ4v) is 2.11. The van der Waals surface area contributed by atoms with Crippen LogP contribution in [-0.2, 0) is 16.1 Å². The number of nitro benzene ring substituents is 1. The van der Waals surface area contributed by atoms with Crippen LogP contribution in [0.3, 0.4) is 0 Å². The lowest BCUT2D eigenvalue weighted by Crippen LogP contribution is -2.05. The average Bonchev–Trinajstić information content (AvgIpc) is 2.65. The molecular formula is C18H15F2NO6. The van der Waals surface area contributed by atoms with Crippen LogP contribution in [0.5, 0.6) is 11.5 Å². The standard InChI is InChI=1S/C18H15F2NO6/c1-25-15-4-2-3-13(17(15)27-18(19)20)7-10-16(22)26-11-12-5-8-14(9-6-12)21(23)24/h2-10,18H,11H2,1H3/b10-7+. The average molecular weight is 379 g/mol. The zero-order chi connectivity index (χ0) is 19.8. The Bertz CT molecular complexity index is 836. The molecule has 0 atom stereocenters. The number of hydrogen-bond donors (Lipinski definition) is 0. The van der Waals surface area contributed by atoms with E-state index in [4.69, 9.17) is 9.47 Å². The van der Waals surface area contributed by atoms with E-state index in [0.717, 1.165) is 6.08 Å². The van der Waals surface area contributed by atoms with Crippen LogP contribution in [0.1, 0.15) is 11.1 Å². The fraction of sp³-hybridized carbons (Fsp3) is 0.167. The smallest absolute Gasteiger partial charge is 0.387 e. The molecule has 2 rings (SSSR count). The minimum Gasteiger partial charge on any atom is -0.493 e. The Morgan fingerprint density at radius 1 is 1.22 bits per heavy atom. The summed E-state index contributed by atoms with van der Waals surface area (Å²) in [4.78, 5) is 21.9. The van der Waals surface area contributed by atoms with E-state index in [1.807, 2.05) is 0 Å². The number of nitro groups is 1. The van der Waals surface area contributed by atoms with Crippen molar-refractivity contribution in [2.45, 2.75) is 13.2 Å². The van der Waals surface area contributed by atoms with Crippen molar-refractivity contribution in [3.8, 4) is 11.5 Å². The number of hydrogen-bond acceptors (Lipinski definition) is 6. The molecule has 0 heterocycles. The minimum absolute atomic E-state index is 0.0745. The molecule has 0 saturated heterocycles. The summed E-state index contributed by atoms with van der Waals surface area (Å²) in [5.74, 6) is -0.828. The normalized spacial score (nSPS) is 10.8. The first-order valence-corrected chi connectivity index (χ1v) is 7.60. The van der Waals surface area contributed by atoms with Crippen LogP contribution < -0.4 is 9.47 Å². The number of alkyl halides is 2. The van der Waals surface area contributed by atoms with Gasteiger partial charge in [-0.1, -0.05) is 12.1 Å². The second kappa shape index (κ2) is 9.27. The number of nitrogens with zero attached hydrogens (tertiary/aromatic N) is 1. The molecule has 0 amide bonds. The first-order valence-electron chi connectivity index (χ1n) is 7.60. The van der Waals surface area contributed by atoms with Crippen molar-refractivity contribution in [2.24, 2.45) is 0 Å². The van der Waals surface area contributed by atoms with Crippen LogP contribution in [0.15, 0.2) is 48.5 Å². The molecule has 0 radical (unpaired) electrons. The quantitative estimate of drug-likeness (QED) is 0.299. The van der Waals surface area contributed by atoms with Gasteiger partial charge in [-0.15, -0.1) is 0 Å². The van der Waals surface area contributed by atoms with E-state index in [2.05, 4.69) is 4.74 Å². The predicted octanol–water partition coefficient (Wildman–Crippen LogP) is 3.96. The third-order valence-corrected chi connectivity index (χ3v) is 3.36. The van der Waals surface area contributed by atoms with E-state index in [-0.39, 0.29) is 29.4 Å². The second-order valence-corrected chi connectivity index (χ2v) is 5.12. The van der Waals surface area contributed by atoms with Crippen LogP contribution >= 0.6 is 0 Å². The van der Waals surface area contributed by atoms with Crippen molar-refractivity contribution < 1.29 is 32.7 Å². The Morgan fingerprint density at radius 2 is 1.93 bits per heavy atom. The number of carbonyl (C=O) groups excluding carboxylic acids is 1. The van der Waals surface area contributed by atoms with Gasteiger partial charge in [0.2, 0.25) is 0 Å². The van der Waals surface area contributed by atoms with Crippen LogP contribution in [0, 0.1) is 10.1 Å². The van der Waals surface area contributed by atoms with Gasteiger partial charge in [0.25, 0.3) is 5.69 Å². The van der Waals surface area contributed by atoms with Crippen LogP contribution in [0.25, 0.3) is 6.08 Å². The Labute approximate surface area is 152 Å². The number of halogens is 2. The zero-order valence-electron chi connectivity index (χ0n) is 14.1. The van der Waals surface area contributed by atoms with Crippen LogP contribution in [0.2, 0.25) is 0 Å². The molecule has 0 saturated carbocycles. The summed E-state index contributed by atoms with van der Waals surface area (Å²) in [6.45, 7) is -3.15. The molecule has 0 unspecified atom stereocenters. The number of ether oxygens (including phenoxy) is 3. The van der Waals surface area contributed by atoms with Gasteiger partial charge in [-0.25, -0.2) is 4.79 Å². The number of rotatable bonds is 8. The highest BCUT2D eigenvalue weighted by Gasteiger charge is 2.14. The zero-order valence-corrected chi connectivity index (χ0v) is 14.1. The highest BCUT2D eigenvalue weighted by atomic mass is 19.3. The molecule has 2 aromatic rings. The predicted molar refractivity (Wildman–Crippen MR) is 91.6 cm³/mol. The Balaban J connectivity index is 2.03. The molecule has 2 aromatic carbocycles. The van der Waals surface area contributed by atoms with Crippen LogP contribution in [-0.4, -0.2) is 24.6 Å². The Hall–Kier alpha value is -3.49. The number of para-hydroxylation sites is 1. The summed E-state index contributed by atoms with van der Waals surface area (Å²) in [5, 5.41) is 10.6. The van der Waals surface area contributed by atoms with E-state index in [9.17, 15) is 23.7 Å². The van der Waals surface area contributed by atoms with Crippen molar-refractivity contribution in [1.29, 1.82) is 0 Å². The number of esters is 1.